The van der Waals surface area contributed by atoms with Gasteiger partial charge in [0.25, 0.3) is 0 Å². The SMILES string of the molecule is Cc1ncsc1-c1ccc([C@H](C)NC(=O)[C@@H]2C[C@@H](O)CN2C(=O)[C@@H](NC(=O)CCCCCc2ccnc([C@H](CCC(N)=O)NC(=O)[C@@H]3Cc4cccc5c4N3C(=O)[C@@H](N)CC5)c2)C(C)(C)C)cc1. The molecule has 8 N–H and O–H groups in total. The Morgan fingerprint density at radius 3 is 2.37 bits per heavy atom. The molecule has 1 saturated heterocycles. The molecule has 362 valence electrons. The summed E-state index contributed by atoms with van der Waals surface area (Å²) in [6.07, 6.45) is 5.46. The minimum atomic E-state index is -0.933. The molecule has 0 bridgehead atoms. The van der Waals surface area contributed by atoms with Gasteiger partial charge in [-0.1, -0.05) is 69.7 Å². The number of aliphatic hydroxyl groups excluding tert-OH is 1. The summed E-state index contributed by atoms with van der Waals surface area (Å²) in [5.74, 6) is -2.23. The lowest BCUT2D eigenvalue weighted by Crippen LogP contribution is -2.57. The summed E-state index contributed by atoms with van der Waals surface area (Å²) >= 11 is 1.57. The molecule has 7 rings (SSSR count). The normalized spacial score (nSPS) is 20.2. The van der Waals surface area contributed by atoms with E-state index < -0.39 is 53.5 Å². The number of carbonyl (C=O) groups is 6. The molecule has 17 heteroatoms. The van der Waals surface area contributed by atoms with E-state index in [1.54, 1.807) is 22.4 Å². The lowest BCUT2D eigenvalue weighted by Gasteiger charge is -2.35. The second-order valence-electron chi connectivity index (χ2n) is 19.6. The number of hydrogen-bond donors (Lipinski definition) is 6. The first-order chi connectivity index (χ1) is 32.4. The highest BCUT2D eigenvalue weighted by atomic mass is 32.1. The Labute approximate surface area is 402 Å². The molecule has 68 heavy (non-hydrogen) atoms. The number of thiazole rings is 1. The van der Waals surface area contributed by atoms with Crippen molar-refractivity contribution in [3.05, 3.63) is 99.9 Å². The van der Waals surface area contributed by atoms with Crippen molar-refractivity contribution >= 4 is 52.5 Å². The van der Waals surface area contributed by atoms with Crippen molar-refractivity contribution in [2.24, 2.45) is 16.9 Å². The second-order valence-corrected chi connectivity index (χ2v) is 20.5. The zero-order valence-corrected chi connectivity index (χ0v) is 40.4. The van der Waals surface area contributed by atoms with Gasteiger partial charge >= 0.3 is 0 Å². The number of β-amino-alcohol motifs (C(OH)–C–C–N with tert-alkyl or cyclic N) is 1. The minimum absolute atomic E-state index is 0.0171. The summed E-state index contributed by atoms with van der Waals surface area (Å²) in [5, 5.41) is 19.8. The lowest BCUT2D eigenvalue weighted by atomic mass is 9.85. The third-order valence-corrected chi connectivity index (χ3v) is 14.4. The molecule has 0 unspecified atom stereocenters. The number of rotatable bonds is 18. The smallest absolute Gasteiger partial charge is 0.246 e. The molecule has 16 nitrogen and oxygen atoms in total. The van der Waals surface area contributed by atoms with E-state index in [0.29, 0.717) is 44.2 Å². The third kappa shape index (κ3) is 11.6. The van der Waals surface area contributed by atoms with Gasteiger partial charge < -0.3 is 37.4 Å². The summed E-state index contributed by atoms with van der Waals surface area (Å²) in [7, 11) is 0. The highest BCUT2D eigenvalue weighted by Crippen LogP contribution is 2.39. The molecule has 0 saturated carbocycles. The topological polar surface area (TPSA) is 243 Å². The van der Waals surface area contributed by atoms with E-state index in [-0.39, 0.29) is 61.9 Å². The van der Waals surface area contributed by atoms with Crippen molar-refractivity contribution in [2.75, 3.05) is 11.4 Å². The molecule has 5 heterocycles. The number of aliphatic hydroxyl groups is 1. The van der Waals surface area contributed by atoms with Crippen molar-refractivity contribution in [2.45, 2.75) is 148 Å². The summed E-state index contributed by atoms with van der Waals surface area (Å²) < 4.78 is 0. The van der Waals surface area contributed by atoms with E-state index in [2.05, 4.69) is 25.9 Å². The maximum atomic E-state index is 14.2. The zero-order valence-electron chi connectivity index (χ0n) is 39.6. The van der Waals surface area contributed by atoms with Crippen LogP contribution in [0, 0.1) is 12.3 Å². The van der Waals surface area contributed by atoms with Crippen LogP contribution in [-0.2, 0) is 48.0 Å². The number of primary amides is 1. The van der Waals surface area contributed by atoms with Crippen molar-refractivity contribution in [1.82, 2.24) is 30.8 Å². The number of benzene rings is 2. The van der Waals surface area contributed by atoms with Gasteiger partial charge in [-0.3, -0.25) is 38.7 Å². The Kier molecular flexibility index (Phi) is 15.8. The Morgan fingerprint density at radius 1 is 0.926 bits per heavy atom. The van der Waals surface area contributed by atoms with Crippen LogP contribution < -0.4 is 32.3 Å². The highest BCUT2D eigenvalue weighted by Gasteiger charge is 2.45. The molecule has 0 aliphatic carbocycles. The number of carbonyl (C=O) groups excluding carboxylic acids is 6. The predicted molar refractivity (Wildman–Crippen MR) is 260 cm³/mol. The van der Waals surface area contributed by atoms with Crippen LogP contribution in [-0.4, -0.2) is 92.2 Å². The average molecular weight is 948 g/mol. The monoisotopic (exact) mass is 947 g/mol. The Hall–Kier alpha value is -6.04. The van der Waals surface area contributed by atoms with Gasteiger partial charge in [-0.25, -0.2) is 4.98 Å². The van der Waals surface area contributed by atoms with Crippen molar-refractivity contribution in [3.8, 4) is 10.4 Å². The summed E-state index contributed by atoms with van der Waals surface area (Å²) in [4.78, 5) is 93.7. The van der Waals surface area contributed by atoms with Crippen molar-refractivity contribution in [3.63, 3.8) is 0 Å². The van der Waals surface area contributed by atoms with Gasteiger partial charge in [0, 0.05) is 38.4 Å². The number of aromatic nitrogens is 2. The molecule has 1 fully saturated rings. The lowest BCUT2D eigenvalue weighted by molar-refractivity contribution is -0.144. The number of anilines is 1. The highest BCUT2D eigenvalue weighted by molar-refractivity contribution is 7.13. The van der Waals surface area contributed by atoms with E-state index in [0.717, 1.165) is 50.5 Å². The molecule has 0 radical (unpaired) electrons. The van der Waals surface area contributed by atoms with Crippen LogP contribution in [0.4, 0.5) is 5.69 Å². The van der Waals surface area contributed by atoms with Crippen LogP contribution in [0.1, 0.15) is 125 Å². The van der Waals surface area contributed by atoms with Gasteiger partial charge in [-0.15, -0.1) is 11.3 Å². The first kappa shape index (κ1) is 49.9. The van der Waals surface area contributed by atoms with Crippen molar-refractivity contribution in [1.29, 1.82) is 0 Å². The number of aryl methyl sites for hydroxylation is 3. The van der Waals surface area contributed by atoms with Crippen LogP contribution >= 0.6 is 11.3 Å². The maximum absolute atomic E-state index is 14.2. The van der Waals surface area contributed by atoms with E-state index in [9.17, 15) is 33.9 Å². The number of unbranched alkanes of at least 4 members (excludes halogenated alkanes) is 2. The molecule has 7 atom stereocenters. The standard InChI is InChI=1S/C51H65N9O7S/c1-29(32-14-16-34(17-15-32)45-30(2)55-28-68-45)56-47(64)40-26-36(61)27-59(40)50(67)46(51(3,4)5)58-43(63)13-8-6-7-10-31-22-23-54-39(24-31)38(20-21-42(53)62)57-48(65)41-25-35-12-9-11-33-18-19-37(52)49(66)60(41)44(33)35/h9,11-12,14-17,22-24,28-29,36-38,40-41,46,61H,6-8,10,13,18-21,25-27,52H2,1-5H3,(H2,53,62)(H,56,64)(H,57,65)(H,58,63)/t29-,36+,37-,38-,40-,41-,46+/m0/s1. The van der Waals surface area contributed by atoms with Gasteiger partial charge in [0.1, 0.15) is 18.1 Å². The van der Waals surface area contributed by atoms with Gasteiger partial charge in [0.15, 0.2) is 0 Å². The predicted octanol–water partition coefficient (Wildman–Crippen LogP) is 4.64. The maximum Gasteiger partial charge on any atom is 0.246 e. The van der Waals surface area contributed by atoms with Crippen LogP contribution in [0.5, 0.6) is 0 Å². The second kappa shape index (κ2) is 21.5. The van der Waals surface area contributed by atoms with Crippen LogP contribution in [0.2, 0.25) is 0 Å². The zero-order chi connectivity index (χ0) is 48.9. The summed E-state index contributed by atoms with van der Waals surface area (Å²) in [5.41, 5.74) is 20.0. The molecule has 4 aromatic rings. The van der Waals surface area contributed by atoms with E-state index in [1.807, 2.05) is 94.7 Å². The number of likely N-dealkylation sites (tertiary alicyclic amines) is 1. The van der Waals surface area contributed by atoms with E-state index in [1.165, 1.54) is 4.90 Å². The van der Waals surface area contributed by atoms with E-state index >= 15 is 0 Å². The van der Waals surface area contributed by atoms with Gasteiger partial charge in [0.05, 0.1) is 51.7 Å². The fourth-order valence-electron chi connectivity index (χ4n) is 9.59. The summed E-state index contributed by atoms with van der Waals surface area (Å²) in [6, 6.07) is 13.2. The number of nitrogens with one attached hydrogen (secondary N) is 3. The number of nitrogens with zero attached hydrogens (tertiary/aromatic N) is 4. The van der Waals surface area contributed by atoms with Gasteiger partial charge in [-0.05, 0) is 97.7 Å². The Bertz CT molecular complexity index is 2510. The minimum Gasteiger partial charge on any atom is -0.391 e. The number of pyridine rings is 1. The Morgan fingerprint density at radius 2 is 1.66 bits per heavy atom. The fraction of sp³-hybridized carbons (Fsp3) is 0.490. The summed E-state index contributed by atoms with van der Waals surface area (Å²) in [6.45, 7) is 9.41. The quantitative estimate of drug-likeness (QED) is 0.0755. The van der Waals surface area contributed by atoms with Crippen LogP contribution in [0.25, 0.3) is 10.4 Å². The number of amides is 6. The first-order valence-electron chi connectivity index (χ1n) is 23.7. The number of hydrogen-bond acceptors (Lipinski definition) is 11. The van der Waals surface area contributed by atoms with Crippen LogP contribution in [0.15, 0.2) is 66.3 Å². The molecular weight excluding hydrogens is 883 g/mol. The Balaban J connectivity index is 0.911. The molecular formula is C51H65N9O7S. The number of nitrogens with two attached hydrogens (primary N) is 2. The molecule has 0 spiro atoms. The van der Waals surface area contributed by atoms with Gasteiger partial charge in [0.2, 0.25) is 35.4 Å². The van der Waals surface area contributed by atoms with E-state index in [4.69, 9.17) is 11.5 Å². The average Bonchev–Trinajstić information content (AvgIpc) is 4.02. The third-order valence-electron chi connectivity index (χ3n) is 13.4. The number of para-hydroxylation sites is 1. The fourth-order valence-corrected chi connectivity index (χ4v) is 10.4. The van der Waals surface area contributed by atoms with Gasteiger partial charge in [-0.2, -0.15) is 0 Å². The molecule has 6 amide bonds. The van der Waals surface area contributed by atoms with Crippen LogP contribution in [0.3, 0.4) is 0 Å². The largest absolute Gasteiger partial charge is 0.391 e. The molecule has 2 aromatic carbocycles. The first-order valence-corrected chi connectivity index (χ1v) is 24.6. The molecule has 2 aromatic heterocycles. The molecule has 3 aliphatic heterocycles. The van der Waals surface area contributed by atoms with Crippen molar-refractivity contribution < 1.29 is 33.9 Å². The molecule has 3 aliphatic rings.